The Bertz CT molecular complexity index is 1460. The Hall–Kier alpha value is -4.27. The SMILES string of the molecule is C=N/C(=C\C(C#Cc1cnc2n[nH]c(C)c2c1)=C/C)NC.O=Cc1ccc(CN2CCNCC2)c(C(F)(F)F)c1. The molecule has 4 rings (SSSR count). The number of aromatic amines is 1. The molecule has 1 aliphatic heterocycles. The second-order valence-electron chi connectivity index (χ2n) is 8.93. The number of carbonyl (C=O) groups excluding carboxylic acids is 1. The number of nitrogens with zero attached hydrogens (tertiary/aromatic N) is 4. The first-order chi connectivity index (χ1) is 19.2. The van der Waals surface area contributed by atoms with Crippen LogP contribution in [-0.4, -0.2) is 66.3 Å². The van der Waals surface area contributed by atoms with E-state index in [1.165, 1.54) is 12.1 Å². The number of H-pyrrole nitrogens is 1. The number of pyridine rings is 1. The maximum atomic E-state index is 13.0. The first-order valence-electron chi connectivity index (χ1n) is 12.6. The average Bonchev–Trinajstić information content (AvgIpc) is 3.33. The van der Waals surface area contributed by atoms with E-state index in [1.807, 2.05) is 37.0 Å². The van der Waals surface area contributed by atoms with Crippen molar-refractivity contribution in [1.82, 2.24) is 30.7 Å². The van der Waals surface area contributed by atoms with Gasteiger partial charge in [-0.1, -0.05) is 30.0 Å². The Kier molecular flexibility index (Phi) is 10.8. The Morgan fingerprint density at radius 3 is 2.65 bits per heavy atom. The molecule has 1 aromatic carbocycles. The predicted molar refractivity (Wildman–Crippen MR) is 151 cm³/mol. The first-order valence-corrected chi connectivity index (χ1v) is 12.6. The van der Waals surface area contributed by atoms with Gasteiger partial charge in [0.15, 0.2) is 5.65 Å². The number of aromatic nitrogens is 3. The maximum absolute atomic E-state index is 13.0. The van der Waals surface area contributed by atoms with Crippen molar-refractivity contribution in [3.63, 3.8) is 0 Å². The van der Waals surface area contributed by atoms with Gasteiger partial charge in [-0.05, 0) is 44.3 Å². The number of alkyl halides is 3. The quantitative estimate of drug-likeness (QED) is 0.183. The van der Waals surface area contributed by atoms with Gasteiger partial charge >= 0.3 is 6.18 Å². The summed E-state index contributed by atoms with van der Waals surface area (Å²) in [6, 6.07) is 5.73. The Labute approximate surface area is 231 Å². The summed E-state index contributed by atoms with van der Waals surface area (Å²) in [4.78, 5) is 20.7. The van der Waals surface area contributed by atoms with E-state index < -0.39 is 11.7 Å². The lowest BCUT2D eigenvalue weighted by Crippen LogP contribution is -2.43. The lowest BCUT2D eigenvalue weighted by Gasteiger charge is -2.28. The average molecular weight is 552 g/mol. The van der Waals surface area contributed by atoms with Gasteiger partial charge in [-0.15, -0.1) is 0 Å². The molecule has 1 fully saturated rings. The van der Waals surface area contributed by atoms with Crippen LogP contribution in [-0.2, 0) is 12.7 Å². The van der Waals surface area contributed by atoms with Gasteiger partial charge in [-0.3, -0.25) is 14.8 Å². The number of aldehydes is 1. The molecule has 0 radical (unpaired) electrons. The molecular formula is C29H32F3N7O. The Balaban J connectivity index is 0.000000222. The summed E-state index contributed by atoms with van der Waals surface area (Å²) < 4.78 is 38.9. The highest BCUT2D eigenvalue weighted by Crippen LogP contribution is 2.33. The number of hydrogen-bond acceptors (Lipinski definition) is 7. The number of benzene rings is 1. The highest BCUT2D eigenvalue weighted by atomic mass is 19.4. The zero-order valence-corrected chi connectivity index (χ0v) is 22.7. The number of aryl methyl sites for hydroxylation is 1. The van der Waals surface area contributed by atoms with E-state index in [-0.39, 0.29) is 17.7 Å². The number of fused-ring (bicyclic) bond motifs is 1. The zero-order chi connectivity index (χ0) is 29.1. The van der Waals surface area contributed by atoms with E-state index >= 15 is 0 Å². The van der Waals surface area contributed by atoms with E-state index in [0.29, 0.717) is 17.8 Å². The van der Waals surface area contributed by atoms with Gasteiger partial charge in [0, 0.05) is 73.7 Å². The van der Waals surface area contributed by atoms with Crippen LogP contribution >= 0.6 is 0 Å². The fraction of sp³-hybridized carbons (Fsp3) is 0.310. The summed E-state index contributed by atoms with van der Waals surface area (Å²) in [6.45, 7) is 10.7. The van der Waals surface area contributed by atoms with E-state index in [0.717, 1.165) is 54.5 Å². The van der Waals surface area contributed by atoms with Crippen molar-refractivity contribution in [2.75, 3.05) is 33.2 Å². The van der Waals surface area contributed by atoms with Crippen LogP contribution in [0.3, 0.4) is 0 Å². The maximum Gasteiger partial charge on any atom is 0.416 e. The van der Waals surface area contributed by atoms with Crippen molar-refractivity contribution in [1.29, 1.82) is 0 Å². The van der Waals surface area contributed by atoms with Crippen LogP contribution in [0.25, 0.3) is 11.0 Å². The fourth-order valence-corrected chi connectivity index (χ4v) is 3.95. The minimum absolute atomic E-state index is 0.0522. The minimum atomic E-state index is -4.43. The molecule has 0 spiro atoms. The lowest BCUT2D eigenvalue weighted by molar-refractivity contribution is -0.138. The highest BCUT2D eigenvalue weighted by molar-refractivity contribution is 5.78. The van der Waals surface area contributed by atoms with E-state index in [2.05, 4.69) is 49.4 Å². The zero-order valence-electron chi connectivity index (χ0n) is 22.7. The molecule has 210 valence electrons. The third-order valence-corrected chi connectivity index (χ3v) is 6.16. The summed E-state index contributed by atoms with van der Waals surface area (Å²) in [5.74, 6) is 6.88. The van der Waals surface area contributed by atoms with Crippen molar-refractivity contribution in [3.8, 4) is 11.8 Å². The monoisotopic (exact) mass is 551 g/mol. The van der Waals surface area contributed by atoms with Gasteiger partial charge in [-0.2, -0.15) is 18.3 Å². The molecule has 0 atom stereocenters. The molecule has 1 aliphatic rings. The number of halogens is 3. The standard InChI is InChI=1S/C16H17N5.C13H15F3N2O/c1-5-12(9-15(17-3)18-4)6-7-13-8-14-11(2)20-21-16(14)19-10-13;14-13(15,16)12-7-10(9-19)1-2-11(12)8-18-5-3-17-4-6-18/h5,8-10,18H,3H2,1-2,4H3,(H,19,20,21);1-2,7,9,17H,3-6,8H2/b12-5-,15-9+;. The van der Waals surface area contributed by atoms with Gasteiger partial charge in [-0.25, -0.2) is 9.98 Å². The van der Waals surface area contributed by atoms with E-state index in [1.54, 1.807) is 13.2 Å². The summed E-state index contributed by atoms with van der Waals surface area (Å²) in [7, 11) is 1.79. The summed E-state index contributed by atoms with van der Waals surface area (Å²) in [5, 5.41) is 14.1. The number of carbonyl (C=O) groups is 1. The Morgan fingerprint density at radius 2 is 2.02 bits per heavy atom. The van der Waals surface area contributed by atoms with Gasteiger partial charge in [0.25, 0.3) is 0 Å². The van der Waals surface area contributed by atoms with E-state index in [4.69, 9.17) is 0 Å². The number of aliphatic imine (C=N–C) groups is 1. The van der Waals surface area contributed by atoms with Gasteiger partial charge in [0.1, 0.15) is 12.1 Å². The molecule has 3 heterocycles. The van der Waals surface area contributed by atoms with Crippen LogP contribution in [0, 0.1) is 18.8 Å². The molecular weight excluding hydrogens is 519 g/mol. The molecule has 0 bridgehead atoms. The van der Waals surface area contributed by atoms with Crippen LogP contribution in [0.1, 0.15) is 39.7 Å². The number of allylic oxidation sites excluding steroid dienone is 3. The topological polar surface area (TPSA) is 98.3 Å². The predicted octanol–water partition coefficient (Wildman–Crippen LogP) is 4.25. The van der Waals surface area contributed by atoms with Gasteiger partial charge in [0.2, 0.25) is 0 Å². The molecule has 0 amide bonds. The molecule has 2 aromatic heterocycles. The van der Waals surface area contributed by atoms with Crippen molar-refractivity contribution in [3.05, 3.63) is 82.0 Å². The van der Waals surface area contributed by atoms with Crippen LogP contribution in [0.4, 0.5) is 13.2 Å². The van der Waals surface area contributed by atoms with Gasteiger partial charge < -0.3 is 10.6 Å². The van der Waals surface area contributed by atoms with Crippen molar-refractivity contribution < 1.29 is 18.0 Å². The van der Waals surface area contributed by atoms with Crippen molar-refractivity contribution in [2.24, 2.45) is 4.99 Å². The molecule has 11 heteroatoms. The van der Waals surface area contributed by atoms with Crippen LogP contribution < -0.4 is 10.6 Å². The van der Waals surface area contributed by atoms with Crippen LogP contribution in [0.2, 0.25) is 0 Å². The Morgan fingerprint density at radius 1 is 1.27 bits per heavy atom. The summed E-state index contributed by atoms with van der Waals surface area (Å²) in [5.41, 5.74) is 2.96. The second kappa shape index (κ2) is 14.2. The third-order valence-electron chi connectivity index (χ3n) is 6.16. The molecule has 8 nitrogen and oxygen atoms in total. The van der Waals surface area contributed by atoms with Gasteiger partial charge in [0.05, 0.1) is 5.56 Å². The molecule has 3 N–H and O–H groups in total. The number of hydrogen-bond donors (Lipinski definition) is 3. The van der Waals surface area contributed by atoms with E-state index in [9.17, 15) is 18.0 Å². The third kappa shape index (κ3) is 8.36. The highest BCUT2D eigenvalue weighted by Gasteiger charge is 2.34. The van der Waals surface area contributed by atoms with Crippen LogP contribution in [0.15, 0.2) is 59.0 Å². The number of nitrogens with one attached hydrogen (secondary N) is 3. The molecule has 0 aliphatic carbocycles. The fourth-order valence-electron chi connectivity index (χ4n) is 3.95. The minimum Gasteiger partial charge on any atom is -0.373 e. The normalized spacial score (nSPS) is 14.6. The molecule has 0 saturated carbocycles. The lowest BCUT2D eigenvalue weighted by atomic mass is 10.0. The summed E-state index contributed by atoms with van der Waals surface area (Å²) in [6.07, 6.45) is 1.49. The molecule has 3 aromatic rings. The van der Waals surface area contributed by atoms with Crippen molar-refractivity contribution in [2.45, 2.75) is 26.6 Å². The summed E-state index contributed by atoms with van der Waals surface area (Å²) >= 11 is 0. The smallest absolute Gasteiger partial charge is 0.373 e. The molecule has 0 unspecified atom stereocenters. The largest absolute Gasteiger partial charge is 0.416 e. The molecule has 40 heavy (non-hydrogen) atoms. The number of piperazine rings is 1. The molecule has 1 saturated heterocycles. The van der Waals surface area contributed by atoms with Crippen LogP contribution in [0.5, 0.6) is 0 Å². The second-order valence-corrected chi connectivity index (χ2v) is 8.93. The number of rotatable bonds is 6. The van der Waals surface area contributed by atoms with Crippen molar-refractivity contribution >= 4 is 24.0 Å². The first kappa shape index (κ1) is 30.3.